The van der Waals surface area contributed by atoms with Crippen LogP contribution in [0.25, 0.3) is 0 Å². The van der Waals surface area contributed by atoms with E-state index in [1.807, 2.05) is 0 Å². The van der Waals surface area contributed by atoms with E-state index in [2.05, 4.69) is 105 Å². The summed E-state index contributed by atoms with van der Waals surface area (Å²) in [5.41, 5.74) is 0.805. The summed E-state index contributed by atoms with van der Waals surface area (Å²) in [6, 6.07) is 33.6. The first kappa shape index (κ1) is 21.7. The summed E-state index contributed by atoms with van der Waals surface area (Å²) >= 11 is 2.80. The molecule has 0 radical (unpaired) electrons. The molecule has 0 unspecified atom stereocenters. The van der Waals surface area contributed by atoms with Crippen molar-refractivity contribution < 1.29 is 8.30 Å². The van der Waals surface area contributed by atoms with Gasteiger partial charge in [0.05, 0.1) is 5.66 Å². The van der Waals surface area contributed by atoms with E-state index >= 15 is 0 Å². The Bertz CT molecular complexity index is 735. The summed E-state index contributed by atoms with van der Waals surface area (Å²) in [6.07, 6.45) is 2.71. The van der Waals surface area contributed by atoms with Crippen molar-refractivity contribution in [3.63, 3.8) is 0 Å². The molecular formula is C21H20BrCl3FeP. The molecule has 6 heteroatoms. The molecule has 1 saturated carbocycles. The van der Waals surface area contributed by atoms with Crippen molar-refractivity contribution in [1.82, 2.24) is 0 Å². The fourth-order valence-corrected chi connectivity index (χ4v) is 8.54. The van der Waals surface area contributed by atoms with E-state index in [9.17, 15) is 0 Å². The topological polar surface area (TPSA) is 0 Å². The third kappa shape index (κ3) is 5.74. The van der Waals surface area contributed by atoms with Gasteiger partial charge >= 0.3 is 52.7 Å². The van der Waals surface area contributed by atoms with Crippen molar-refractivity contribution in [2.24, 2.45) is 0 Å². The Balaban J connectivity index is 0.000000376. The van der Waals surface area contributed by atoms with Gasteiger partial charge in [-0.3, -0.25) is 0 Å². The van der Waals surface area contributed by atoms with Crippen LogP contribution in [0, 0.1) is 0 Å². The van der Waals surface area contributed by atoms with Crippen molar-refractivity contribution in [2.75, 3.05) is 0 Å². The second-order valence-corrected chi connectivity index (χ2v) is 25.0. The van der Waals surface area contributed by atoms with Gasteiger partial charge in [0, 0.05) is 0 Å². The Morgan fingerprint density at radius 1 is 0.630 bits per heavy atom. The second-order valence-electron chi connectivity index (χ2n) is 6.26. The molecule has 145 valence electrons. The largest absolute Gasteiger partial charge is 0.115 e. The van der Waals surface area contributed by atoms with Crippen LogP contribution >= 0.6 is 51.7 Å². The van der Waals surface area contributed by atoms with Gasteiger partial charge in [0.25, 0.3) is 0 Å². The van der Waals surface area contributed by atoms with E-state index < -0.39 is 15.6 Å². The monoisotopic (exact) mass is 543 g/mol. The average molecular weight is 545 g/mol. The maximum absolute atomic E-state index is 5.10. The van der Waals surface area contributed by atoms with Crippen molar-refractivity contribution in [3.8, 4) is 0 Å². The van der Waals surface area contributed by atoms with Crippen LogP contribution in [0.2, 0.25) is 0 Å². The van der Waals surface area contributed by atoms with Gasteiger partial charge in [-0.1, -0.05) is 54.6 Å². The summed E-state index contributed by atoms with van der Waals surface area (Å²) in [6.45, 7) is 0. The smallest absolute Gasteiger partial charge is 0.0620 e. The van der Waals surface area contributed by atoms with E-state index in [0.29, 0.717) is 0 Å². The number of hydrogen-bond acceptors (Lipinski definition) is 0. The summed E-state index contributed by atoms with van der Waals surface area (Å²) in [5, 5.41) is 4.57. The summed E-state index contributed by atoms with van der Waals surface area (Å²) in [4.78, 5) is 0. The molecule has 0 aliphatic heterocycles. The number of halogens is 4. The molecule has 0 nitrogen and oxygen atoms in total. The Morgan fingerprint density at radius 2 is 0.889 bits per heavy atom. The minimum absolute atomic E-state index is 0.805. The van der Waals surface area contributed by atoms with E-state index in [0.717, 1.165) is 5.66 Å². The van der Waals surface area contributed by atoms with Gasteiger partial charge < -0.3 is 0 Å². The standard InChI is InChI=1S/C21H20P.BrH.3ClH.Fe/c1-4-10-18(11-5-1)22(21-16-17-21,19-12-6-2-7-13-19)20-14-8-3-9-15-20;;;;;/h1-15,21H,16-17H2;4*1H;/q+1;;;;;+3/p-4. The van der Waals surface area contributed by atoms with Crippen molar-refractivity contribution in [1.29, 1.82) is 0 Å². The molecule has 1 fully saturated rings. The average Bonchev–Trinajstić information content (AvgIpc) is 3.49. The molecule has 0 N–H and O–H groups in total. The third-order valence-corrected chi connectivity index (χ3v) is 9.53. The van der Waals surface area contributed by atoms with Gasteiger partial charge in [-0.25, -0.2) is 0 Å². The molecule has 1 aliphatic rings. The second kappa shape index (κ2) is 9.64. The molecule has 3 aromatic rings. The zero-order valence-corrected chi connectivity index (χ0v) is 20.3. The molecule has 4 rings (SSSR count). The van der Waals surface area contributed by atoms with E-state index in [-0.39, 0.29) is 0 Å². The SMILES string of the molecule is [Cl][Fe-]([Cl])([Cl])[Br].c1ccc([P+](c2ccccc2)(c2ccccc2)C2CC2)cc1. The van der Waals surface area contributed by atoms with Crippen molar-refractivity contribution >= 4 is 67.6 Å². The van der Waals surface area contributed by atoms with Crippen LogP contribution in [0.4, 0.5) is 0 Å². The molecule has 0 atom stereocenters. The number of rotatable bonds is 4. The first-order chi connectivity index (χ1) is 12.9. The molecular weight excluding hydrogens is 525 g/mol. The predicted molar refractivity (Wildman–Crippen MR) is 125 cm³/mol. The van der Waals surface area contributed by atoms with Gasteiger partial charge in [-0.05, 0) is 49.2 Å². The van der Waals surface area contributed by atoms with Crippen LogP contribution in [-0.2, 0) is 8.30 Å². The van der Waals surface area contributed by atoms with Gasteiger partial charge in [0.15, 0.2) is 0 Å². The van der Waals surface area contributed by atoms with Gasteiger partial charge in [-0.2, -0.15) is 0 Å². The van der Waals surface area contributed by atoms with E-state index in [1.165, 1.54) is 28.8 Å². The zero-order valence-electron chi connectivity index (χ0n) is 14.5. The molecule has 0 heterocycles. The minimum Gasteiger partial charge on any atom is -0.0620 e. The van der Waals surface area contributed by atoms with Crippen LogP contribution in [0.3, 0.4) is 0 Å². The van der Waals surface area contributed by atoms with Crippen LogP contribution < -0.4 is 15.9 Å². The fraction of sp³-hybridized carbons (Fsp3) is 0.143. The minimum atomic E-state index is -2.27. The van der Waals surface area contributed by atoms with E-state index in [4.69, 9.17) is 30.3 Å². The fourth-order valence-electron chi connectivity index (χ4n) is 3.53. The molecule has 0 amide bonds. The molecule has 27 heavy (non-hydrogen) atoms. The molecule has 3 aromatic carbocycles. The summed E-state index contributed by atoms with van der Waals surface area (Å²) in [5.74, 6) is 0. The maximum atomic E-state index is 5.10. The number of hydrogen-bond donors (Lipinski definition) is 0. The quantitative estimate of drug-likeness (QED) is 0.243. The number of benzene rings is 3. The van der Waals surface area contributed by atoms with Gasteiger partial charge in [0.1, 0.15) is 23.2 Å². The Kier molecular flexibility index (Phi) is 7.73. The zero-order chi connectivity index (χ0) is 19.3. The molecule has 1 aliphatic carbocycles. The predicted octanol–water partition coefficient (Wildman–Crippen LogP) is 7.05. The van der Waals surface area contributed by atoms with Crippen LogP contribution in [0.15, 0.2) is 91.0 Å². The Morgan fingerprint density at radius 3 is 1.11 bits per heavy atom. The summed E-state index contributed by atoms with van der Waals surface area (Å²) < 4.78 is 0. The molecule has 0 spiro atoms. The van der Waals surface area contributed by atoms with Crippen LogP contribution in [0.1, 0.15) is 12.8 Å². The normalized spacial score (nSPS) is 14.8. The van der Waals surface area contributed by atoms with Crippen molar-refractivity contribution in [3.05, 3.63) is 91.0 Å². The molecule has 0 aromatic heterocycles. The van der Waals surface area contributed by atoms with Gasteiger partial charge in [-0.15, -0.1) is 0 Å². The first-order valence-electron chi connectivity index (χ1n) is 8.51. The third-order valence-electron chi connectivity index (χ3n) is 4.58. The molecule has 0 bridgehead atoms. The van der Waals surface area contributed by atoms with Crippen LogP contribution in [0.5, 0.6) is 0 Å². The van der Waals surface area contributed by atoms with E-state index in [1.54, 1.807) is 0 Å². The van der Waals surface area contributed by atoms with Crippen molar-refractivity contribution in [2.45, 2.75) is 18.5 Å². The van der Waals surface area contributed by atoms with Gasteiger partial charge in [0.2, 0.25) is 0 Å². The summed E-state index contributed by atoms with van der Waals surface area (Å²) in [7, 11) is 11.5. The Hall–Kier alpha value is -0.0405. The first-order valence-corrected chi connectivity index (χ1v) is 17.7. The maximum Gasteiger partial charge on any atom is 0.115 e. The Labute approximate surface area is 184 Å². The molecule has 0 saturated heterocycles. The van der Waals surface area contributed by atoms with Crippen LogP contribution in [-0.4, -0.2) is 5.66 Å².